The molecule has 1 aliphatic heterocycles. The third-order valence-corrected chi connectivity index (χ3v) is 3.63. The number of benzene rings is 1. The maximum Gasteiger partial charge on any atom is 0.433 e. The Hall–Kier alpha value is -2.65. The molecule has 1 aliphatic rings. The van der Waals surface area contributed by atoms with Gasteiger partial charge in [-0.15, -0.1) is 0 Å². The van der Waals surface area contributed by atoms with Crippen molar-refractivity contribution < 1.29 is 9.34 Å². The zero-order valence-electron chi connectivity index (χ0n) is 11.3. The lowest BCUT2D eigenvalue weighted by Crippen LogP contribution is -2.29. The summed E-state index contributed by atoms with van der Waals surface area (Å²) in [5.41, 5.74) is 3.06. The fourth-order valence-corrected chi connectivity index (χ4v) is 2.59. The molecule has 0 radical (unpaired) electrons. The second-order valence-electron chi connectivity index (χ2n) is 5.05. The SMILES string of the molecule is N#Cc1ccc2c(c1)CN(Cc1ccc([N+](=O)[O-])o1)CC2. The Balaban J connectivity index is 1.73. The average molecular weight is 283 g/mol. The highest BCUT2D eigenvalue weighted by Crippen LogP contribution is 2.23. The minimum atomic E-state index is -0.534. The lowest BCUT2D eigenvalue weighted by atomic mass is 9.97. The molecule has 0 atom stereocenters. The summed E-state index contributed by atoms with van der Waals surface area (Å²) in [5.74, 6) is 0.357. The summed E-state index contributed by atoms with van der Waals surface area (Å²) in [6, 6.07) is 10.9. The second-order valence-corrected chi connectivity index (χ2v) is 5.05. The maximum atomic E-state index is 10.6. The third-order valence-electron chi connectivity index (χ3n) is 3.63. The van der Waals surface area contributed by atoms with E-state index in [0.717, 1.165) is 25.1 Å². The molecule has 3 rings (SSSR count). The van der Waals surface area contributed by atoms with Crippen molar-refractivity contribution in [2.45, 2.75) is 19.5 Å². The van der Waals surface area contributed by atoms with Crippen LogP contribution in [0.1, 0.15) is 22.5 Å². The molecule has 2 aromatic rings. The summed E-state index contributed by atoms with van der Waals surface area (Å²) >= 11 is 0. The van der Waals surface area contributed by atoms with Gasteiger partial charge in [-0.25, -0.2) is 0 Å². The number of fused-ring (bicyclic) bond motifs is 1. The summed E-state index contributed by atoms with van der Waals surface area (Å²) in [4.78, 5) is 12.2. The third kappa shape index (κ3) is 2.78. The van der Waals surface area contributed by atoms with Crippen LogP contribution < -0.4 is 0 Å². The van der Waals surface area contributed by atoms with E-state index in [1.54, 1.807) is 6.07 Å². The Morgan fingerprint density at radius 1 is 1.33 bits per heavy atom. The molecule has 0 aliphatic carbocycles. The molecule has 1 aromatic carbocycles. The van der Waals surface area contributed by atoms with Crippen LogP contribution in [0.4, 0.5) is 5.88 Å². The van der Waals surface area contributed by atoms with E-state index in [1.807, 2.05) is 18.2 Å². The van der Waals surface area contributed by atoms with E-state index >= 15 is 0 Å². The number of furan rings is 1. The summed E-state index contributed by atoms with van der Waals surface area (Å²) in [5, 5.41) is 19.6. The average Bonchev–Trinajstić information content (AvgIpc) is 2.95. The van der Waals surface area contributed by atoms with Gasteiger partial charge in [-0.3, -0.25) is 15.0 Å². The maximum absolute atomic E-state index is 10.6. The van der Waals surface area contributed by atoms with Gasteiger partial charge in [0.15, 0.2) is 0 Å². The monoisotopic (exact) mass is 283 g/mol. The van der Waals surface area contributed by atoms with Crippen LogP contribution in [0.3, 0.4) is 0 Å². The van der Waals surface area contributed by atoms with Crippen molar-refractivity contribution in [1.29, 1.82) is 5.26 Å². The molecule has 0 saturated carbocycles. The first kappa shape index (κ1) is 13.3. The van der Waals surface area contributed by atoms with E-state index in [0.29, 0.717) is 17.9 Å². The molecule has 0 spiro atoms. The Kier molecular flexibility index (Phi) is 3.42. The van der Waals surface area contributed by atoms with Crippen molar-refractivity contribution in [3.63, 3.8) is 0 Å². The van der Waals surface area contributed by atoms with E-state index < -0.39 is 4.92 Å². The molecular formula is C15H13N3O3. The van der Waals surface area contributed by atoms with Gasteiger partial charge in [0.05, 0.1) is 24.2 Å². The van der Waals surface area contributed by atoms with Gasteiger partial charge in [-0.1, -0.05) is 6.07 Å². The number of nitriles is 1. The lowest BCUT2D eigenvalue weighted by Gasteiger charge is -2.27. The number of nitro groups is 1. The molecular weight excluding hydrogens is 270 g/mol. The molecule has 21 heavy (non-hydrogen) atoms. The van der Waals surface area contributed by atoms with Gasteiger partial charge in [-0.05, 0) is 35.7 Å². The highest BCUT2D eigenvalue weighted by molar-refractivity contribution is 5.39. The topological polar surface area (TPSA) is 83.3 Å². The van der Waals surface area contributed by atoms with Gasteiger partial charge in [0.25, 0.3) is 0 Å². The minimum absolute atomic E-state index is 0.228. The fourth-order valence-electron chi connectivity index (χ4n) is 2.59. The molecule has 106 valence electrons. The van der Waals surface area contributed by atoms with Crippen molar-refractivity contribution >= 4 is 5.88 Å². The van der Waals surface area contributed by atoms with Crippen LogP contribution in [0, 0.1) is 21.4 Å². The minimum Gasteiger partial charge on any atom is -0.404 e. The lowest BCUT2D eigenvalue weighted by molar-refractivity contribution is -0.402. The molecule has 0 saturated heterocycles. The zero-order valence-corrected chi connectivity index (χ0v) is 11.3. The molecule has 1 aromatic heterocycles. The van der Waals surface area contributed by atoms with Crippen LogP contribution in [0.25, 0.3) is 0 Å². The predicted molar refractivity (Wildman–Crippen MR) is 74.3 cm³/mol. The molecule has 0 bridgehead atoms. The van der Waals surface area contributed by atoms with Gasteiger partial charge >= 0.3 is 5.88 Å². The van der Waals surface area contributed by atoms with Crippen molar-refractivity contribution in [1.82, 2.24) is 4.90 Å². The van der Waals surface area contributed by atoms with Gasteiger partial charge in [-0.2, -0.15) is 5.26 Å². The normalized spacial score (nSPS) is 14.4. The second kappa shape index (κ2) is 5.38. The Bertz CT molecular complexity index is 730. The molecule has 0 unspecified atom stereocenters. The quantitative estimate of drug-likeness (QED) is 0.638. The van der Waals surface area contributed by atoms with Crippen LogP contribution in [-0.4, -0.2) is 16.4 Å². The first-order valence-electron chi connectivity index (χ1n) is 6.63. The van der Waals surface area contributed by atoms with Crippen LogP contribution in [-0.2, 0) is 19.5 Å². The highest BCUT2D eigenvalue weighted by Gasteiger charge is 2.19. The molecule has 2 heterocycles. The van der Waals surface area contributed by atoms with Crippen LogP contribution in [0.15, 0.2) is 34.7 Å². The standard InChI is InChI=1S/C15H13N3O3/c16-8-11-1-2-12-5-6-17(9-13(12)7-11)10-14-3-4-15(21-14)18(19)20/h1-4,7H,5-6,9-10H2. The largest absolute Gasteiger partial charge is 0.433 e. The van der Waals surface area contributed by atoms with Crippen molar-refractivity contribution in [2.75, 3.05) is 6.54 Å². The number of hydrogen-bond acceptors (Lipinski definition) is 5. The summed E-state index contributed by atoms with van der Waals surface area (Å²) in [6.45, 7) is 2.12. The van der Waals surface area contributed by atoms with Crippen molar-refractivity contribution in [2.24, 2.45) is 0 Å². The fraction of sp³-hybridized carbons (Fsp3) is 0.267. The van der Waals surface area contributed by atoms with E-state index in [2.05, 4.69) is 11.0 Å². The Morgan fingerprint density at radius 3 is 2.90 bits per heavy atom. The van der Waals surface area contributed by atoms with Gasteiger partial charge < -0.3 is 4.42 Å². The van der Waals surface area contributed by atoms with Crippen LogP contribution in [0.5, 0.6) is 0 Å². The first-order valence-corrected chi connectivity index (χ1v) is 6.63. The molecule has 0 amide bonds. The summed E-state index contributed by atoms with van der Waals surface area (Å²) in [6.07, 6.45) is 0.907. The van der Waals surface area contributed by atoms with Crippen molar-refractivity contribution in [3.05, 3.63) is 62.9 Å². The molecule has 6 heteroatoms. The van der Waals surface area contributed by atoms with Crippen molar-refractivity contribution in [3.8, 4) is 6.07 Å². The highest BCUT2D eigenvalue weighted by atomic mass is 16.6. The smallest absolute Gasteiger partial charge is 0.404 e. The van der Waals surface area contributed by atoms with Crippen LogP contribution in [0.2, 0.25) is 0 Å². The summed E-state index contributed by atoms with van der Waals surface area (Å²) in [7, 11) is 0. The number of hydrogen-bond donors (Lipinski definition) is 0. The Morgan fingerprint density at radius 2 is 2.19 bits per heavy atom. The predicted octanol–water partition coefficient (Wildman–Crippen LogP) is 2.62. The molecule has 0 fully saturated rings. The summed E-state index contributed by atoms with van der Waals surface area (Å²) < 4.78 is 5.19. The van der Waals surface area contributed by atoms with Gasteiger partial charge in [0.2, 0.25) is 0 Å². The molecule has 6 nitrogen and oxygen atoms in total. The van der Waals surface area contributed by atoms with Crippen LogP contribution >= 0.6 is 0 Å². The van der Waals surface area contributed by atoms with E-state index in [4.69, 9.17) is 9.68 Å². The van der Waals surface area contributed by atoms with E-state index in [1.165, 1.54) is 11.6 Å². The Labute approximate surface area is 121 Å². The van der Waals surface area contributed by atoms with E-state index in [9.17, 15) is 10.1 Å². The van der Waals surface area contributed by atoms with Gasteiger partial charge in [0, 0.05) is 13.1 Å². The zero-order chi connectivity index (χ0) is 14.8. The number of nitrogens with zero attached hydrogens (tertiary/aromatic N) is 3. The van der Waals surface area contributed by atoms with Gasteiger partial charge in [0.1, 0.15) is 10.7 Å². The first-order chi connectivity index (χ1) is 10.2. The van der Waals surface area contributed by atoms with E-state index in [-0.39, 0.29) is 5.88 Å². The molecule has 0 N–H and O–H groups in total. The number of rotatable bonds is 3.